The molecule has 0 aliphatic carbocycles. The highest BCUT2D eigenvalue weighted by atomic mass is 19.2. The normalized spacial score (nSPS) is 10.4. The topological polar surface area (TPSA) is 41.6 Å². The molecule has 1 heterocycles. The van der Waals surface area contributed by atoms with E-state index in [0.29, 0.717) is 5.52 Å². The maximum Gasteiger partial charge on any atom is 0.169 e. The van der Waals surface area contributed by atoms with Gasteiger partial charge in [0.2, 0.25) is 0 Å². The van der Waals surface area contributed by atoms with Gasteiger partial charge in [-0.2, -0.15) is 10.4 Å². The predicted octanol–water partition coefficient (Wildman–Crippen LogP) is 1.84. The van der Waals surface area contributed by atoms with Gasteiger partial charge in [-0.05, 0) is 12.1 Å². The Hall–Kier alpha value is -1.96. The van der Waals surface area contributed by atoms with Gasteiger partial charge in [-0.1, -0.05) is 0 Å². The van der Waals surface area contributed by atoms with Gasteiger partial charge in [-0.15, -0.1) is 0 Å². The van der Waals surface area contributed by atoms with Crippen LogP contribution in [-0.2, 0) is 6.54 Å². The monoisotopic (exact) mass is 193 g/mol. The first kappa shape index (κ1) is 8.63. The second kappa shape index (κ2) is 3.07. The quantitative estimate of drug-likeness (QED) is 0.693. The van der Waals surface area contributed by atoms with Crippen molar-refractivity contribution in [2.24, 2.45) is 0 Å². The van der Waals surface area contributed by atoms with E-state index in [0.717, 1.165) is 6.07 Å². The molecule has 0 N–H and O–H groups in total. The fourth-order valence-corrected chi connectivity index (χ4v) is 1.29. The maximum atomic E-state index is 13.1. The van der Waals surface area contributed by atoms with E-state index in [9.17, 15) is 8.78 Å². The van der Waals surface area contributed by atoms with Crippen molar-refractivity contribution in [2.45, 2.75) is 6.54 Å². The molecule has 14 heavy (non-hydrogen) atoms. The van der Waals surface area contributed by atoms with Crippen molar-refractivity contribution < 1.29 is 8.78 Å². The zero-order valence-corrected chi connectivity index (χ0v) is 7.04. The molecule has 0 spiro atoms. The summed E-state index contributed by atoms with van der Waals surface area (Å²) in [5.74, 6) is -1.83. The third kappa shape index (κ3) is 1.12. The van der Waals surface area contributed by atoms with Gasteiger partial charge >= 0.3 is 0 Å². The van der Waals surface area contributed by atoms with E-state index in [-0.39, 0.29) is 11.9 Å². The summed E-state index contributed by atoms with van der Waals surface area (Å²) in [6.45, 7) is 0.0224. The minimum Gasteiger partial charge on any atom is -0.251 e. The third-order valence-corrected chi connectivity index (χ3v) is 1.93. The Morgan fingerprint density at radius 3 is 2.93 bits per heavy atom. The zero-order valence-electron chi connectivity index (χ0n) is 7.04. The smallest absolute Gasteiger partial charge is 0.169 e. The Morgan fingerprint density at radius 1 is 1.43 bits per heavy atom. The largest absolute Gasteiger partial charge is 0.251 e. The van der Waals surface area contributed by atoms with Gasteiger partial charge in [0, 0.05) is 0 Å². The fraction of sp³-hybridized carbons (Fsp3) is 0.111. The number of halogens is 2. The predicted molar refractivity (Wildman–Crippen MR) is 45.3 cm³/mol. The van der Waals surface area contributed by atoms with Crippen molar-refractivity contribution >= 4 is 10.9 Å². The highest BCUT2D eigenvalue weighted by Crippen LogP contribution is 2.19. The molecule has 0 unspecified atom stereocenters. The Morgan fingerprint density at radius 2 is 2.21 bits per heavy atom. The Bertz CT molecular complexity index is 525. The molecule has 0 saturated heterocycles. The van der Waals surface area contributed by atoms with Gasteiger partial charge in [-0.25, -0.2) is 8.78 Å². The van der Waals surface area contributed by atoms with Crippen LogP contribution >= 0.6 is 0 Å². The maximum absolute atomic E-state index is 13.1. The molecule has 0 atom stereocenters. The Kier molecular flexibility index (Phi) is 1.89. The van der Waals surface area contributed by atoms with Crippen LogP contribution in [0, 0.1) is 23.0 Å². The van der Waals surface area contributed by atoms with Crippen molar-refractivity contribution in [3.05, 3.63) is 30.0 Å². The SMILES string of the molecule is N#CCn1ncc2c(F)c(F)ccc21. The van der Waals surface area contributed by atoms with E-state index in [1.807, 2.05) is 6.07 Å². The summed E-state index contributed by atoms with van der Waals surface area (Å²) in [7, 11) is 0. The summed E-state index contributed by atoms with van der Waals surface area (Å²) in [6, 6.07) is 4.30. The molecule has 2 rings (SSSR count). The number of hydrogen-bond acceptors (Lipinski definition) is 2. The zero-order chi connectivity index (χ0) is 10.1. The second-order valence-corrected chi connectivity index (χ2v) is 2.75. The number of rotatable bonds is 1. The second-order valence-electron chi connectivity index (χ2n) is 2.75. The molecule has 0 fully saturated rings. The summed E-state index contributed by atoms with van der Waals surface area (Å²) < 4.78 is 27.2. The summed E-state index contributed by atoms with van der Waals surface area (Å²) in [4.78, 5) is 0. The van der Waals surface area contributed by atoms with Crippen LogP contribution in [0.3, 0.4) is 0 Å². The lowest BCUT2D eigenvalue weighted by Gasteiger charge is -1.97. The highest BCUT2D eigenvalue weighted by Gasteiger charge is 2.10. The minimum atomic E-state index is -0.924. The first-order valence-corrected chi connectivity index (χ1v) is 3.90. The number of nitrogens with zero attached hydrogens (tertiary/aromatic N) is 3. The van der Waals surface area contributed by atoms with Gasteiger partial charge in [0.1, 0.15) is 6.54 Å². The first-order chi connectivity index (χ1) is 6.74. The summed E-state index contributed by atoms with van der Waals surface area (Å²) in [6.07, 6.45) is 1.21. The molecule has 0 amide bonds. The van der Waals surface area contributed by atoms with E-state index >= 15 is 0 Å². The molecular weight excluding hydrogens is 188 g/mol. The van der Waals surface area contributed by atoms with Gasteiger partial charge < -0.3 is 0 Å². The lowest BCUT2D eigenvalue weighted by Crippen LogP contribution is -1.97. The number of hydrogen-bond donors (Lipinski definition) is 0. The average Bonchev–Trinajstić information content (AvgIpc) is 2.57. The van der Waals surface area contributed by atoms with Crippen LogP contribution in [-0.4, -0.2) is 9.78 Å². The average molecular weight is 193 g/mol. The lowest BCUT2D eigenvalue weighted by molar-refractivity contribution is 0.517. The molecule has 70 valence electrons. The highest BCUT2D eigenvalue weighted by molar-refractivity contribution is 5.79. The molecule has 0 saturated carbocycles. The van der Waals surface area contributed by atoms with Gasteiger partial charge in [0.15, 0.2) is 11.6 Å². The number of nitriles is 1. The van der Waals surface area contributed by atoms with Crippen LogP contribution in [0.2, 0.25) is 0 Å². The van der Waals surface area contributed by atoms with Crippen LogP contribution in [0.5, 0.6) is 0 Å². The van der Waals surface area contributed by atoms with Crippen LogP contribution in [0.25, 0.3) is 10.9 Å². The van der Waals surface area contributed by atoms with Crippen molar-refractivity contribution in [1.82, 2.24) is 9.78 Å². The van der Waals surface area contributed by atoms with Gasteiger partial charge in [0.05, 0.1) is 23.2 Å². The van der Waals surface area contributed by atoms with Crippen molar-refractivity contribution in [3.8, 4) is 6.07 Å². The molecule has 1 aromatic carbocycles. The lowest BCUT2D eigenvalue weighted by atomic mass is 10.2. The summed E-state index contributed by atoms with van der Waals surface area (Å²) in [5, 5.41) is 12.3. The molecular formula is C9H5F2N3. The Balaban J connectivity index is 2.72. The van der Waals surface area contributed by atoms with Crippen molar-refractivity contribution in [3.63, 3.8) is 0 Å². The molecule has 3 nitrogen and oxygen atoms in total. The van der Waals surface area contributed by atoms with E-state index in [1.54, 1.807) is 0 Å². The molecule has 0 aliphatic rings. The van der Waals surface area contributed by atoms with E-state index in [4.69, 9.17) is 5.26 Å². The standard InChI is InChI=1S/C9H5F2N3/c10-7-1-2-8-6(9(7)11)5-13-14(8)4-3-12/h1-2,5H,4H2. The molecule has 0 radical (unpaired) electrons. The van der Waals surface area contributed by atoms with Crippen LogP contribution in [0.4, 0.5) is 8.78 Å². The molecule has 5 heteroatoms. The van der Waals surface area contributed by atoms with Gasteiger partial charge in [-0.3, -0.25) is 4.68 Å². The van der Waals surface area contributed by atoms with Gasteiger partial charge in [0.25, 0.3) is 0 Å². The third-order valence-electron chi connectivity index (χ3n) is 1.93. The van der Waals surface area contributed by atoms with Crippen LogP contribution in [0.15, 0.2) is 18.3 Å². The minimum absolute atomic E-state index is 0.0224. The van der Waals surface area contributed by atoms with Crippen molar-refractivity contribution in [2.75, 3.05) is 0 Å². The van der Waals surface area contributed by atoms with Crippen molar-refractivity contribution in [1.29, 1.82) is 5.26 Å². The fourth-order valence-electron chi connectivity index (χ4n) is 1.29. The number of fused-ring (bicyclic) bond motifs is 1. The van der Waals surface area contributed by atoms with Crippen LogP contribution < -0.4 is 0 Å². The van der Waals surface area contributed by atoms with E-state index in [2.05, 4.69) is 5.10 Å². The molecule has 2 aromatic rings. The molecule has 0 bridgehead atoms. The molecule has 1 aromatic heterocycles. The first-order valence-electron chi connectivity index (χ1n) is 3.90. The van der Waals surface area contributed by atoms with E-state index < -0.39 is 11.6 Å². The van der Waals surface area contributed by atoms with E-state index in [1.165, 1.54) is 16.9 Å². The van der Waals surface area contributed by atoms with Crippen LogP contribution in [0.1, 0.15) is 0 Å². The Labute approximate surface area is 78.2 Å². The number of benzene rings is 1. The molecule has 0 aliphatic heterocycles. The number of aromatic nitrogens is 2. The summed E-state index contributed by atoms with van der Waals surface area (Å²) >= 11 is 0. The summed E-state index contributed by atoms with van der Waals surface area (Å²) in [5.41, 5.74) is 0.422.